The molecule has 2 aromatic rings. The molecule has 0 heterocycles. The maximum absolute atomic E-state index is 13.1. The minimum atomic E-state index is -4.76. The van der Waals surface area contributed by atoms with Gasteiger partial charge in [-0.3, -0.25) is 0 Å². The van der Waals surface area contributed by atoms with Crippen LogP contribution in [-0.4, -0.2) is 16.9 Å². The number of hydrogen-bond acceptors (Lipinski definition) is 2. The van der Waals surface area contributed by atoms with Crippen molar-refractivity contribution in [3.8, 4) is 5.75 Å². The first-order chi connectivity index (χ1) is 9.93. The Morgan fingerprint density at radius 2 is 1.41 bits per heavy atom. The molecular formula is C17H19F3O2. The Labute approximate surface area is 127 Å². The number of rotatable bonds is 2. The number of aliphatic hydroxyl groups is 1. The number of halogens is 3. The summed E-state index contributed by atoms with van der Waals surface area (Å²) in [6, 6.07) is 9.36. The maximum atomic E-state index is 13.1. The third-order valence-electron chi connectivity index (χ3n) is 3.37. The van der Waals surface area contributed by atoms with Crippen molar-refractivity contribution in [2.24, 2.45) is 0 Å². The summed E-state index contributed by atoms with van der Waals surface area (Å²) >= 11 is 0. The molecule has 22 heavy (non-hydrogen) atoms. The number of hydrogen-bond donors (Lipinski definition) is 1. The van der Waals surface area contributed by atoms with Crippen LogP contribution >= 0.6 is 0 Å². The van der Waals surface area contributed by atoms with E-state index in [1.54, 1.807) is 24.3 Å². The van der Waals surface area contributed by atoms with Crippen LogP contribution in [0.3, 0.4) is 0 Å². The molecular weight excluding hydrogens is 293 g/mol. The van der Waals surface area contributed by atoms with Crippen LogP contribution in [0.2, 0.25) is 0 Å². The fourth-order valence-electron chi connectivity index (χ4n) is 2.28. The SMILES string of the molecule is CC(C)(C)Oc1cccc2c(C(C)(O)C(F)(F)F)cccc12. The van der Waals surface area contributed by atoms with E-state index in [-0.39, 0.29) is 5.56 Å². The Kier molecular flexibility index (Phi) is 3.90. The topological polar surface area (TPSA) is 29.5 Å². The Morgan fingerprint density at radius 3 is 1.95 bits per heavy atom. The highest BCUT2D eigenvalue weighted by atomic mass is 19.4. The molecule has 0 radical (unpaired) electrons. The number of fused-ring (bicyclic) bond motifs is 1. The van der Waals surface area contributed by atoms with Crippen LogP contribution in [0.25, 0.3) is 10.8 Å². The van der Waals surface area contributed by atoms with Gasteiger partial charge in [-0.05, 0) is 39.1 Å². The van der Waals surface area contributed by atoms with Crippen molar-refractivity contribution in [2.45, 2.75) is 45.1 Å². The van der Waals surface area contributed by atoms with Gasteiger partial charge in [0.25, 0.3) is 0 Å². The van der Waals surface area contributed by atoms with Gasteiger partial charge in [0, 0.05) is 10.9 Å². The molecule has 0 aliphatic carbocycles. The maximum Gasteiger partial charge on any atom is 0.421 e. The van der Waals surface area contributed by atoms with Gasteiger partial charge in [-0.2, -0.15) is 13.2 Å². The van der Waals surface area contributed by atoms with Crippen molar-refractivity contribution in [2.75, 3.05) is 0 Å². The molecule has 1 N–H and O–H groups in total. The average molecular weight is 312 g/mol. The van der Waals surface area contributed by atoms with Crippen LogP contribution in [0.1, 0.15) is 33.3 Å². The molecule has 0 aliphatic heterocycles. The van der Waals surface area contributed by atoms with E-state index in [0.717, 1.165) is 6.92 Å². The van der Waals surface area contributed by atoms with Crippen molar-refractivity contribution in [1.82, 2.24) is 0 Å². The van der Waals surface area contributed by atoms with Gasteiger partial charge in [0.15, 0.2) is 5.60 Å². The minimum absolute atomic E-state index is 0.183. The molecule has 0 fully saturated rings. The molecule has 120 valence electrons. The fraction of sp³-hybridized carbons (Fsp3) is 0.412. The van der Waals surface area contributed by atoms with E-state index in [9.17, 15) is 18.3 Å². The Hall–Kier alpha value is -1.75. The average Bonchev–Trinajstić information content (AvgIpc) is 2.35. The van der Waals surface area contributed by atoms with E-state index in [4.69, 9.17) is 4.74 Å². The molecule has 0 aromatic heterocycles. The highest BCUT2D eigenvalue weighted by Crippen LogP contribution is 2.42. The van der Waals surface area contributed by atoms with E-state index in [1.807, 2.05) is 20.8 Å². The highest BCUT2D eigenvalue weighted by molar-refractivity contribution is 5.91. The molecule has 1 unspecified atom stereocenters. The largest absolute Gasteiger partial charge is 0.488 e. The normalized spacial score (nSPS) is 15.6. The number of ether oxygens (including phenoxy) is 1. The summed E-state index contributed by atoms with van der Waals surface area (Å²) in [4.78, 5) is 0. The monoisotopic (exact) mass is 312 g/mol. The molecule has 2 rings (SSSR count). The predicted octanol–water partition coefficient (Wildman–Crippen LogP) is 4.79. The number of alkyl halides is 3. The lowest BCUT2D eigenvalue weighted by Crippen LogP contribution is -2.39. The van der Waals surface area contributed by atoms with Crippen molar-refractivity contribution >= 4 is 10.8 Å². The van der Waals surface area contributed by atoms with Crippen LogP contribution in [0, 0.1) is 0 Å². The second-order valence-corrected chi connectivity index (χ2v) is 6.44. The Balaban J connectivity index is 2.68. The molecule has 2 aromatic carbocycles. The van der Waals surface area contributed by atoms with E-state index in [2.05, 4.69) is 0 Å². The van der Waals surface area contributed by atoms with Gasteiger partial charge in [0.1, 0.15) is 11.4 Å². The molecule has 1 atom stereocenters. The lowest BCUT2D eigenvalue weighted by molar-refractivity contribution is -0.258. The summed E-state index contributed by atoms with van der Waals surface area (Å²) in [5.41, 5.74) is -3.58. The molecule has 0 amide bonds. The molecule has 0 bridgehead atoms. The zero-order chi connectivity index (χ0) is 16.8. The molecule has 5 heteroatoms. The molecule has 0 aliphatic rings. The quantitative estimate of drug-likeness (QED) is 0.864. The zero-order valence-corrected chi connectivity index (χ0v) is 13.0. The smallest absolute Gasteiger partial charge is 0.421 e. The zero-order valence-electron chi connectivity index (χ0n) is 13.0. The van der Waals surface area contributed by atoms with Crippen LogP contribution in [0.15, 0.2) is 36.4 Å². The van der Waals surface area contributed by atoms with Crippen LogP contribution in [0.4, 0.5) is 13.2 Å². The Morgan fingerprint density at radius 1 is 0.864 bits per heavy atom. The van der Waals surface area contributed by atoms with Crippen LogP contribution in [0.5, 0.6) is 5.75 Å². The van der Waals surface area contributed by atoms with Gasteiger partial charge in [0.05, 0.1) is 0 Å². The summed E-state index contributed by atoms with van der Waals surface area (Å²) in [7, 11) is 0. The van der Waals surface area contributed by atoms with Gasteiger partial charge in [0.2, 0.25) is 0 Å². The van der Waals surface area contributed by atoms with Gasteiger partial charge in [-0.1, -0.05) is 30.3 Å². The van der Waals surface area contributed by atoms with Crippen LogP contribution < -0.4 is 4.74 Å². The predicted molar refractivity (Wildman–Crippen MR) is 80.0 cm³/mol. The summed E-state index contributed by atoms with van der Waals surface area (Å²) in [5.74, 6) is 0.491. The summed E-state index contributed by atoms with van der Waals surface area (Å²) in [6.45, 7) is 6.35. The summed E-state index contributed by atoms with van der Waals surface area (Å²) in [6.07, 6.45) is -4.76. The first kappa shape index (κ1) is 16.6. The van der Waals surface area contributed by atoms with Crippen molar-refractivity contribution in [3.63, 3.8) is 0 Å². The van der Waals surface area contributed by atoms with Gasteiger partial charge < -0.3 is 9.84 Å². The van der Waals surface area contributed by atoms with Crippen molar-refractivity contribution in [1.29, 1.82) is 0 Å². The summed E-state index contributed by atoms with van der Waals surface area (Å²) in [5, 5.41) is 10.8. The van der Waals surface area contributed by atoms with E-state index in [1.165, 1.54) is 12.1 Å². The van der Waals surface area contributed by atoms with Gasteiger partial charge in [-0.15, -0.1) is 0 Å². The minimum Gasteiger partial charge on any atom is -0.488 e. The molecule has 0 saturated heterocycles. The first-order valence-electron chi connectivity index (χ1n) is 6.94. The highest BCUT2D eigenvalue weighted by Gasteiger charge is 2.51. The van der Waals surface area contributed by atoms with E-state index >= 15 is 0 Å². The fourth-order valence-corrected chi connectivity index (χ4v) is 2.28. The summed E-state index contributed by atoms with van der Waals surface area (Å²) < 4.78 is 45.2. The lowest BCUT2D eigenvalue weighted by atomic mass is 9.90. The van der Waals surface area contributed by atoms with Gasteiger partial charge >= 0.3 is 6.18 Å². The van der Waals surface area contributed by atoms with Crippen molar-refractivity contribution in [3.05, 3.63) is 42.0 Å². The standard InChI is InChI=1S/C17H19F3O2/c1-15(2,3)22-14-10-6-7-11-12(14)8-5-9-13(11)16(4,21)17(18,19)20/h5-10,21H,1-4H3. The first-order valence-corrected chi connectivity index (χ1v) is 6.94. The van der Waals surface area contributed by atoms with E-state index in [0.29, 0.717) is 16.5 Å². The second kappa shape index (κ2) is 5.16. The van der Waals surface area contributed by atoms with Crippen LogP contribution in [-0.2, 0) is 5.60 Å². The van der Waals surface area contributed by atoms with Gasteiger partial charge in [-0.25, -0.2) is 0 Å². The number of benzene rings is 2. The Bertz CT molecular complexity index is 682. The van der Waals surface area contributed by atoms with Crippen molar-refractivity contribution < 1.29 is 23.0 Å². The third kappa shape index (κ3) is 3.04. The van der Waals surface area contributed by atoms with E-state index < -0.39 is 17.4 Å². The lowest BCUT2D eigenvalue weighted by Gasteiger charge is -2.28. The third-order valence-corrected chi connectivity index (χ3v) is 3.37. The second-order valence-electron chi connectivity index (χ2n) is 6.44. The molecule has 0 spiro atoms. The molecule has 0 saturated carbocycles. The molecule has 2 nitrogen and oxygen atoms in total.